The van der Waals surface area contributed by atoms with Gasteiger partial charge in [0.25, 0.3) is 0 Å². The van der Waals surface area contributed by atoms with Crippen molar-refractivity contribution in [1.82, 2.24) is 4.90 Å². The Hall–Kier alpha value is -1.33. The first-order valence-electron chi connectivity index (χ1n) is 7.78. The molecule has 4 nitrogen and oxygen atoms in total. The average Bonchev–Trinajstić information content (AvgIpc) is 2.48. The zero-order valence-corrected chi connectivity index (χ0v) is 14.9. The number of halogens is 2. The highest BCUT2D eigenvalue weighted by Crippen LogP contribution is 2.12. The summed E-state index contributed by atoms with van der Waals surface area (Å²) >= 11 is 0. The van der Waals surface area contributed by atoms with Gasteiger partial charge < -0.3 is 15.4 Å². The van der Waals surface area contributed by atoms with E-state index in [1.807, 2.05) is 0 Å². The van der Waals surface area contributed by atoms with Crippen LogP contribution in [0.3, 0.4) is 0 Å². The van der Waals surface area contributed by atoms with E-state index in [1.54, 1.807) is 24.1 Å². The molecule has 0 saturated heterocycles. The highest BCUT2D eigenvalue weighted by atomic mass is 35.5. The highest BCUT2D eigenvalue weighted by Gasteiger charge is 2.12. The number of hydrogen-bond donors (Lipinski definition) is 1. The van der Waals surface area contributed by atoms with Gasteiger partial charge in [0.2, 0.25) is 5.91 Å². The number of nitrogens with two attached hydrogens (primary N) is 1. The summed E-state index contributed by atoms with van der Waals surface area (Å²) in [5.74, 6) is 0.667. The Labute approximate surface area is 144 Å². The van der Waals surface area contributed by atoms with E-state index in [0.717, 1.165) is 6.42 Å². The van der Waals surface area contributed by atoms with Crippen LogP contribution in [0, 0.1) is 11.7 Å². The maximum Gasteiger partial charge on any atom is 0.222 e. The largest absolute Gasteiger partial charge is 0.493 e. The van der Waals surface area contributed by atoms with Gasteiger partial charge in [-0.1, -0.05) is 19.9 Å². The van der Waals surface area contributed by atoms with Crippen LogP contribution < -0.4 is 10.5 Å². The number of rotatable bonds is 9. The molecular formula is C17H28ClFN2O2. The summed E-state index contributed by atoms with van der Waals surface area (Å²) in [6, 6.07) is 6.12. The fourth-order valence-corrected chi connectivity index (χ4v) is 1.96. The first-order chi connectivity index (χ1) is 10.4. The third kappa shape index (κ3) is 8.77. The molecule has 0 aromatic heterocycles. The molecule has 0 aliphatic rings. The van der Waals surface area contributed by atoms with Crippen LogP contribution in [0.15, 0.2) is 24.3 Å². The summed E-state index contributed by atoms with van der Waals surface area (Å²) in [6.07, 6.45) is 1.83. The van der Waals surface area contributed by atoms with Gasteiger partial charge in [0.05, 0.1) is 6.61 Å². The van der Waals surface area contributed by atoms with Crippen LogP contribution >= 0.6 is 12.4 Å². The van der Waals surface area contributed by atoms with Crippen molar-refractivity contribution >= 4 is 18.3 Å². The van der Waals surface area contributed by atoms with Gasteiger partial charge in [-0.3, -0.25) is 4.79 Å². The van der Waals surface area contributed by atoms with Crippen LogP contribution in [-0.4, -0.2) is 37.0 Å². The lowest BCUT2D eigenvalue weighted by molar-refractivity contribution is -0.130. The number of hydrogen-bond acceptors (Lipinski definition) is 3. The van der Waals surface area contributed by atoms with Crippen molar-refractivity contribution in [2.75, 3.05) is 20.2 Å². The second kappa shape index (κ2) is 11.2. The molecule has 0 saturated carbocycles. The minimum atomic E-state index is -0.324. The minimum Gasteiger partial charge on any atom is -0.493 e. The first-order valence-corrected chi connectivity index (χ1v) is 7.78. The second-order valence-corrected chi connectivity index (χ2v) is 5.92. The lowest BCUT2D eigenvalue weighted by atomic mass is 10.0. The van der Waals surface area contributed by atoms with E-state index < -0.39 is 0 Å². The third-order valence-corrected chi connectivity index (χ3v) is 3.68. The maximum absolute atomic E-state index is 13.0. The topological polar surface area (TPSA) is 55.6 Å². The Kier molecular flexibility index (Phi) is 10.6. The maximum atomic E-state index is 13.0. The zero-order chi connectivity index (χ0) is 16.5. The predicted molar refractivity (Wildman–Crippen MR) is 93.4 cm³/mol. The first kappa shape index (κ1) is 21.7. The molecule has 0 bridgehead atoms. The fraction of sp³-hybridized carbons (Fsp3) is 0.588. The van der Waals surface area contributed by atoms with Crippen molar-refractivity contribution in [3.63, 3.8) is 0 Å². The number of nitrogens with zero attached hydrogens (tertiary/aromatic N) is 1. The van der Waals surface area contributed by atoms with Crippen LogP contribution in [0.25, 0.3) is 0 Å². The normalized spacial score (nSPS) is 11.7. The Morgan fingerprint density at radius 2 is 2.09 bits per heavy atom. The fourth-order valence-electron chi connectivity index (χ4n) is 1.96. The van der Waals surface area contributed by atoms with E-state index in [9.17, 15) is 9.18 Å². The number of benzene rings is 1. The number of carbonyl (C=O) groups is 1. The standard InChI is InChI=1S/C17H27FN2O2.ClH/c1-13(2)16(19)9-10-20(3)17(21)8-5-11-22-15-7-4-6-14(18)12-15;/h4,6-7,12-13,16H,5,8-11,19H2,1-3H3;1H. The zero-order valence-electron chi connectivity index (χ0n) is 14.1. The molecule has 6 heteroatoms. The van der Waals surface area contributed by atoms with Crippen molar-refractivity contribution in [2.24, 2.45) is 11.7 Å². The van der Waals surface area contributed by atoms with Crippen LogP contribution in [0.1, 0.15) is 33.1 Å². The minimum absolute atomic E-state index is 0. The van der Waals surface area contributed by atoms with Crippen LogP contribution in [0.2, 0.25) is 0 Å². The van der Waals surface area contributed by atoms with E-state index in [4.69, 9.17) is 10.5 Å². The van der Waals surface area contributed by atoms with Gasteiger partial charge in [0, 0.05) is 32.1 Å². The quantitative estimate of drug-likeness (QED) is 0.698. The lowest BCUT2D eigenvalue weighted by Gasteiger charge is -2.21. The molecule has 1 amide bonds. The van der Waals surface area contributed by atoms with E-state index in [0.29, 0.717) is 37.7 Å². The summed E-state index contributed by atoms with van der Waals surface area (Å²) in [6.45, 7) is 5.23. The van der Waals surface area contributed by atoms with E-state index in [1.165, 1.54) is 12.1 Å². The van der Waals surface area contributed by atoms with Crippen molar-refractivity contribution in [3.05, 3.63) is 30.1 Å². The van der Waals surface area contributed by atoms with Gasteiger partial charge in [0.15, 0.2) is 0 Å². The molecule has 1 atom stereocenters. The SMILES string of the molecule is CC(C)C(N)CCN(C)C(=O)CCCOc1cccc(F)c1.Cl. The summed E-state index contributed by atoms with van der Waals surface area (Å²) < 4.78 is 18.4. The van der Waals surface area contributed by atoms with Gasteiger partial charge in [0.1, 0.15) is 11.6 Å². The summed E-state index contributed by atoms with van der Waals surface area (Å²) in [5.41, 5.74) is 5.97. The molecule has 0 heterocycles. The third-order valence-electron chi connectivity index (χ3n) is 3.68. The Balaban J connectivity index is 0.00000484. The Bertz CT molecular complexity index is 472. The van der Waals surface area contributed by atoms with Crippen molar-refractivity contribution < 1.29 is 13.9 Å². The molecule has 132 valence electrons. The summed E-state index contributed by atoms with van der Waals surface area (Å²) in [4.78, 5) is 13.7. The Morgan fingerprint density at radius 3 is 2.70 bits per heavy atom. The molecule has 0 aliphatic carbocycles. The highest BCUT2D eigenvalue weighted by molar-refractivity contribution is 5.85. The van der Waals surface area contributed by atoms with Crippen LogP contribution in [-0.2, 0) is 4.79 Å². The molecule has 0 spiro atoms. The molecule has 0 aliphatic heterocycles. The average molecular weight is 347 g/mol. The number of ether oxygens (including phenoxy) is 1. The van der Waals surface area contributed by atoms with E-state index in [-0.39, 0.29) is 30.2 Å². The monoisotopic (exact) mass is 346 g/mol. The van der Waals surface area contributed by atoms with Gasteiger partial charge in [-0.05, 0) is 30.9 Å². The van der Waals surface area contributed by atoms with Gasteiger partial charge >= 0.3 is 0 Å². The van der Waals surface area contributed by atoms with Crippen LogP contribution in [0.5, 0.6) is 5.75 Å². The number of amides is 1. The van der Waals surface area contributed by atoms with Crippen molar-refractivity contribution in [3.8, 4) is 5.75 Å². The molecule has 1 aromatic carbocycles. The molecule has 1 rings (SSSR count). The van der Waals surface area contributed by atoms with E-state index >= 15 is 0 Å². The summed E-state index contributed by atoms with van der Waals surface area (Å²) in [5, 5.41) is 0. The smallest absolute Gasteiger partial charge is 0.222 e. The second-order valence-electron chi connectivity index (χ2n) is 5.92. The van der Waals surface area contributed by atoms with Crippen molar-refractivity contribution in [1.29, 1.82) is 0 Å². The van der Waals surface area contributed by atoms with Crippen molar-refractivity contribution in [2.45, 2.75) is 39.2 Å². The summed E-state index contributed by atoms with van der Waals surface area (Å²) in [7, 11) is 1.79. The molecule has 1 aromatic rings. The molecule has 0 radical (unpaired) electrons. The van der Waals surface area contributed by atoms with Gasteiger partial charge in [-0.25, -0.2) is 4.39 Å². The van der Waals surface area contributed by atoms with E-state index in [2.05, 4.69) is 13.8 Å². The molecule has 0 fully saturated rings. The van der Waals surface area contributed by atoms with Gasteiger partial charge in [-0.2, -0.15) is 0 Å². The number of carbonyl (C=O) groups excluding carboxylic acids is 1. The predicted octanol–water partition coefficient (Wildman–Crippen LogP) is 3.24. The molecule has 23 heavy (non-hydrogen) atoms. The van der Waals surface area contributed by atoms with Gasteiger partial charge in [-0.15, -0.1) is 12.4 Å². The molecule has 2 N–H and O–H groups in total. The Morgan fingerprint density at radius 1 is 1.39 bits per heavy atom. The lowest BCUT2D eigenvalue weighted by Crippen LogP contribution is -2.34. The van der Waals surface area contributed by atoms with Crippen LogP contribution in [0.4, 0.5) is 4.39 Å². The molecular weight excluding hydrogens is 319 g/mol. The molecule has 1 unspecified atom stereocenters.